The molecule has 1 saturated heterocycles. The van der Waals surface area contributed by atoms with Crippen LogP contribution in [0.1, 0.15) is 70.9 Å². The third-order valence-corrected chi connectivity index (χ3v) is 11.3. The fraction of sp³-hybridized carbons (Fsp3) is 0.724. The minimum atomic E-state index is -0.932. The Hall–Kier alpha value is -1.56. The molecule has 1 aromatic carbocycles. The lowest BCUT2D eigenvalue weighted by molar-refractivity contribution is -0.312. The topological polar surface area (TPSA) is 62.2 Å². The second-order valence-corrected chi connectivity index (χ2v) is 13.0. The summed E-state index contributed by atoms with van der Waals surface area (Å²) in [6.45, 7) is 14.5. The van der Waals surface area contributed by atoms with Gasteiger partial charge in [-0.1, -0.05) is 32.9 Å². The van der Waals surface area contributed by atoms with Crippen molar-refractivity contribution >= 4 is 0 Å². The molecule has 186 valence electrons. The molecular formula is C29H41NO4. The lowest BCUT2D eigenvalue weighted by atomic mass is 9.33. The average molecular weight is 468 g/mol. The Morgan fingerprint density at radius 1 is 1.24 bits per heavy atom. The standard InChI is InChI=1S/C29H41NO4/c1-7-8-14-30-15-13-28-22-18-9-10-19(31)23(22)34-24(28)29(33-6)12-11-27(28,21(30)16-18)17-20(29)26(5,32)25(2,3)4/h7,9-10,20-21,24,31-32H,1,8,11-17H2,2-6H3/t20-,21-,24-,26+,27?,28?,29-/m1/s1. The first-order chi connectivity index (χ1) is 16.0. The van der Waals surface area contributed by atoms with Crippen molar-refractivity contribution in [2.45, 2.75) is 95.0 Å². The minimum Gasteiger partial charge on any atom is -0.504 e. The van der Waals surface area contributed by atoms with Crippen molar-refractivity contribution in [1.82, 2.24) is 4.90 Å². The van der Waals surface area contributed by atoms with E-state index < -0.39 is 11.2 Å². The number of rotatable bonds is 5. The first kappa shape index (κ1) is 22.9. The number of likely N-dealkylation sites (tertiary alicyclic amines) is 1. The van der Waals surface area contributed by atoms with Crippen molar-refractivity contribution in [3.63, 3.8) is 0 Å². The number of hydrogen-bond acceptors (Lipinski definition) is 5. The maximum Gasteiger partial charge on any atom is 0.165 e. The number of benzene rings is 1. The average Bonchev–Trinajstić information content (AvgIpc) is 3.16. The van der Waals surface area contributed by atoms with Crippen molar-refractivity contribution in [3.8, 4) is 11.5 Å². The van der Waals surface area contributed by atoms with Gasteiger partial charge in [0.05, 0.1) is 5.60 Å². The summed E-state index contributed by atoms with van der Waals surface area (Å²) in [7, 11) is 1.81. The van der Waals surface area contributed by atoms with Gasteiger partial charge in [0.25, 0.3) is 0 Å². The number of phenolic OH excluding ortho intramolecular Hbond substituents is 1. The minimum absolute atomic E-state index is 0.0106. The number of fused-ring (bicyclic) bond motifs is 2. The molecule has 2 N–H and O–H groups in total. The first-order valence-corrected chi connectivity index (χ1v) is 13.1. The SMILES string of the molecule is C=CCCN1CCC23c4c5ccc(O)c4O[C@H]2[C@@]2(OC)CCC3(C[C@@H]2[C@](C)(O)C(C)(C)C)[C@H]1C5. The molecule has 3 saturated carbocycles. The number of aliphatic hydroxyl groups is 1. The zero-order valence-electron chi connectivity index (χ0n) is 21.5. The third kappa shape index (κ3) is 2.33. The van der Waals surface area contributed by atoms with Crippen molar-refractivity contribution in [2.24, 2.45) is 16.7 Å². The maximum absolute atomic E-state index is 12.2. The molecule has 0 aromatic heterocycles. The summed E-state index contributed by atoms with van der Waals surface area (Å²) >= 11 is 0. The van der Waals surface area contributed by atoms with Gasteiger partial charge in [-0.15, -0.1) is 6.58 Å². The summed E-state index contributed by atoms with van der Waals surface area (Å²) in [5.41, 5.74) is 0.562. The maximum atomic E-state index is 12.2. The molecule has 7 rings (SSSR count). The lowest BCUT2D eigenvalue weighted by Gasteiger charge is -2.75. The molecular weight excluding hydrogens is 426 g/mol. The molecule has 1 aromatic rings. The fourth-order valence-electron chi connectivity index (χ4n) is 9.25. The van der Waals surface area contributed by atoms with E-state index in [0.717, 1.165) is 51.6 Å². The summed E-state index contributed by atoms with van der Waals surface area (Å²) in [6.07, 6.45) is 7.67. The number of nitrogens with zero attached hydrogens (tertiary/aromatic N) is 1. The zero-order valence-corrected chi connectivity index (χ0v) is 21.5. The van der Waals surface area contributed by atoms with Gasteiger partial charge in [-0.25, -0.2) is 0 Å². The molecule has 34 heavy (non-hydrogen) atoms. The zero-order chi connectivity index (χ0) is 24.3. The van der Waals surface area contributed by atoms with Crippen LogP contribution in [0, 0.1) is 16.7 Å². The van der Waals surface area contributed by atoms with E-state index >= 15 is 0 Å². The van der Waals surface area contributed by atoms with E-state index in [-0.39, 0.29) is 34.0 Å². The predicted molar refractivity (Wildman–Crippen MR) is 132 cm³/mol. The number of phenols is 1. The molecule has 5 heteroatoms. The van der Waals surface area contributed by atoms with Gasteiger partial charge in [0.1, 0.15) is 11.7 Å². The Kier molecular flexibility index (Phi) is 4.58. The number of aromatic hydroxyl groups is 1. The quantitative estimate of drug-likeness (QED) is 0.621. The van der Waals surface area contributed by atoms with Crippen molar-refractivity contribution in [1.29, 1.82) is 0 Å². The molecule has 2 unspecified atom stereocenters. The normalized spacial score (nSPS) is 41.5. The van der Waals surface area contributed by atoms with Crippen LogP contribution in [-0.2, 0) is 16.6 Å². The predicted octanol–water partition coefficient (Wildman–Crippen LogP) is 4.58. The van der Waals surface area contributed by atoms with Crippen molar-refractivity contribution in [2.75, 3.05) is 20.2 Å². The van der Waals surface area contributed by atoms with Crippen LogP contribution in [0.3, 0.4) is 0 Å². The summed E-state index contributed by atoms with van der Waals surface area (Å²) in [4.78, 5) is 2.70. The highest BCUT2D eigenvalue weighted by atomic mass is 16.6. The lowest BCUT2D eigenvalue weighted by Crippen LogP contribution is -2.83. The highest BCUT2D eigenvalue weighted by Crippen LogP contribution is 2.77. The molecule has 4 aliphatic carbocycles. The molecule has 4 fully saturated rings. The summed E-state index contributed by atoms with van der Waals surface area (Å²) in [6, 6.07) is 4.33. The van der Waals surface area contributed by atoms with Crippen LogP contribution in [0.25, 0.3) is 0 Å². The second kappa shape index (κ2) is 6.80. The third-order valence-electron chi connectivity index (χ3n) is 11.3. The van der Waals surface area contributed by atoms with Crippen LogP contribution < -0.4 is 4.74 Å². The van der Waals surface area contributed by atoms with E-state index in [1.807, 2.05) is 26.2 Å². The summed E-state index contributed by atoms with van der Waals surface area (Å²) < 4.78 is 13.4. The van der Waals surface area contributed by atoms with Crippen LogP contribution in [-0.4, -0.2) is 58.7 Å². The van der Waals surface area contributed by atoms with Gasteiger partial charge in [0.15, 0.2) is 11.5 Å². The van der Waals surface area contributed by atoms with Gasteiger partial charge >= 0.3 is 0 Å². The van der Waals surface area contributed by atoms with Gasteiger partial charge in [0.2, 0.25) is 0 Å². The second-order valence-electron chi connectivity index (χ2n) is 13.0. The monoisotopic (exact) mass is 467 g/mol. The number of hydrogen-bond donors (Lipinski definition) is 2. The van der Waals surface area contributed by atoms with E-state index in [1.165, 1.54) is 11.1 Å². The molecule has 2 aliphatic heterocycles. The Balaban J connectivity index is 1.61. The van der Waals surface area contributed by atoms with E-state index in [1.54, 1.807) is 0 Å². The van der Waals surface area contributed by atoms with Crippen LogP contribution in [0.4, 0.5) is 0 Å². The highest BCUT2D eigenvalue weighted by Gasteiger charge is 2.82. The van der Waals surface area contributed by atoms with Crippen molar-refractivity contribution < 1.29 is 19.7 Å². The Morgan fingerprint density at radius 2 is 2.00 bits per heavy atom. The van der Waals surface area contributed by atoms with Gasteiger partial charge in [0, 0.05) is 42.0 Å². The van der Waals surface area contributed by atoms with Crippen molar-refractivity contribution in [3.05, 3.63) is 35.9 Å². The van der Waals surface area contributed by atoms with E-state index in [2.05, 4.69) is 38.3 Å². The first-order valence-electron chi connectivity index (χ1n) is 13.1. The Morgan fingerprint density at radius 3 is 2.68 bits per heavy atom. The molecule has 5 nitrogen and oxygen atoms in total. The van der Waals surface area contributed by atoms with Gasteiger partial charge < -0.3 is 19.7 Å². The molecule has 6 aliphatic rings. The van der Waals surface area contributed by atoms with E-state index in [4.69, 9.17) is 9.47 Å². The summed E-state index contributed by atoms with van der Waals surface area (Å²) in [5, 5.41) is 23.1. The van der Waals surface area contributed by atoms with Crippen LogP contribution in [0.2, 0.25) is 0 Å². The summed E-state index contributed by atoms with van der Waals surface area (Å²) in [5.74, 6) is 0.871. The molecule has 7 atom stereocenters. The Labute approximate surface area is 204 Å². The van der Waals surface area contributed by atoms with Gasteiger partial charge in [-0.3, -0.25) is 4.90 Å². The van der Waals surface area contributed by atoms with Crippen LogP contribution in [0.15, 0.2) is 24.8 Å². The fourth-order valence-corrected chi connectivity index (χ4v) is 9.25. The van der Waals surface area contributed by atoms with Crippen LogP contribution >= 0.6 is 0 Å². The van der Waals surface area contributed by atoms with E-state index in [0.29, 0.717) is 11.8 Å². The molecule has 0 radical (unpaired) electrons. The van der Waals surface area contributed by atoms with E-state index in [9.17, 15) is 10.2 Å². The number of piperidine rings is 1. The van der Waals surface area contributed by atoms with Gasteiger partial charge in [-0.2, -0.15) is 0 Å². The van der Waals surface area contributed by atoms with Gasteiger partial charge in [-0.05, 0) is 69.0 Å². The molecule has 2 spiro atoms. The smallest absolute Gasteiger partial charge is 0.165 e. The number of ether oxygens (including phenoxy) is 2. The molecule has 4 bridgehead atoms. The Bertz CT molecular complexity index is 1040. The highest BCUT2D eigenvalue weighted by molar-refractivity contribution is 5.63. The molecule has 0 amide bonds. The number of methoxy groups -OCH3 is 1. The van der Waals surface area contributed by atoms with Crippen LogP contribution in [0.5, 0.6) is 11.5 Å². The molecule has 2 heterocycles. The largest absolute Gasteiger partial charge is 0.504 e.